The van der Waals surface area contributed by atoms with Crippen LogP contribution in [0.3, 0.4) is 0 Å². The molecule has 3 rings (SSSR count). The topological polar surface area (TPSA) is 36.0 Å². The number of para-hydroxylation sites is 1. The van der Waals surface area contributed by atoms with E-state index in [0.717, 1.165) is 6.20 Å². The van der Waals surface area contributed by atoms with Gasteiger partial charge in [-0.2, -0.15) is 13.2 Å². The van der Waals surface area contributed by atoms with Gasteiger partial charge in [-0.25, -0.2) is 0 Å². The van der Waals surface area contributed by atoms with Gasteiger partial charge in [0.25, 0.3) is 5.60 Å². The quantitative estimate of drug-likeness (QED) is 0.655. The molecule has 1 atom stereocenters. The van der Waals surface area contributed by atoms with Crippen molar-refractivity contribution in [1.29, 1.82) is 0 Å². The summed E-state index contributed by atoms with van der Waals surface area (Å²) in [5.41, 5.74) is -2.65. The Bertz CT molecular complexity index is 887. The summed E-state index contributed by atoms with van der Waals surface area (Å²) in [6, 6.07) is 14.7. The van der Waals surface area contributed by atoms with Gasteiger partial charge in [-0.3, -0.25) is 0 Å². The number of alkyl halides is 3. The third-order valence-electron chi connectivity index (χ3n) is 3.55. The molecule has 0 bridgehead atoms. The van der Waals surface area contributed by atoms with E-state index >= 15 is 0 Å². The predicted molar refractivity (Wildman–Crippen MR) is 81.6 cm³/mol. The molecule has 0 saturated heterocycles. The van der Waals surface area contributed by atoms with Crippen LogP contribution in [0.5, 0.6) is 0 Å². The van der Waals surface area contributed by atoms with Gasteiger partial charge in [-0.05, 0) is 24.1 Å². The minimum Gasteiger partial charge on any atom is -0.366 e. The zero-order valence-corrected chi connectivity index (χ0v) is 11.9. The molecule has 116 valence electrons. The smallest absolute Gasteiger partial charge is 0.366 e. The number of hydrogen-bond donors (Lipinski definition) is 2. The van der Waals surface area contributed by atoms with Crippen LogP contribution in [-0.2, 0) is 5.60 Å². The molecule has 1 aromatic heterocycles. The van der Waals surface area contributed by atoms with E-state index in [0.29, 0.717) is 11.1 Å². The van der Waals surface area contributed by atoms with Gasteiger partial charge < -0.3 is 10.1 Å². The molecule has 2 nitrogen and oxygen atoms in total. The standard InChI is InChI=1S/C18H12F3NO/c19-18(20,21)17(23,11-10-13-6-2-1-3-7-13)15-12-22-16-9-5-4-8-14(15)16/h1-9,12,22-23H. The van der Waals surface area contributed by atoms with Crippen LogP contribution in [-0.4, -0.2) is 16.3 Å². The monoisotopic (exact) mass is 315 g/mol. The van der Waals surface area contributed by atoms with Crippen molar-refractivity contribution in [2.75, 3.05) is 0 Å². The third-order valence-corrected chi connectivity index (χ3v) is 3.55. The van der Waals surface area contributed by atoms with Gasteiger partial charge in [0.15, 0.2) is 0 Å². The number of H-pyrrole nitrogens is 1. The van der Waals surface area contributed by atoms with Crippen LogP contribution in [0.25, 0.3) is 10.9 Å². The van der Waals surface area contributed by atoms with Gasteiger partial charge in [0.05, 0.1) is 0 Å². The van der Waals surface area contributed by atoms with Crippen molar-refractivity contribution in [1.82, 2.24) is 4.98 Å². The van der Waals surface area contributed by atoms with Gasteiger partial charge >= 0.3 is 6.18 Å². The van der Waals surface area contributed by atoms with E-state index in [1.807, 2.05) is 5.92 Å². The highest BCUT2D eigenvalue weighted by molar-refractivity contribution is 5.84. The Morgan fingerprint density at radius 2 is 1.57 bits per heavy atom. The van der Waals surface area contributed by atoms with Gasteiger partial charge in [0, 0.05) is 28.2 Å². The Labute approximate surface area is 130 Å². The fourth-order valence-electron chi connectivity index (χ4n) is 2.35. The molecular formula is C18H12F3NO. The summed E-state index contributed by atoms with van der Waals surface area (Å²) in [6.07, 6.45) is -3.78. The molecular weight excluding hydrogens is 303 g/mol. The van der Waals surface area contributed by atoms with Crippen molar-refractivity contribution < 1.29 is 18.3 Å². The van der Waals surface area contributed by atoms with E-state index in [2.05, 4.69) is 10.9 Å². The summed E-state index contributed by atoms with van der Waals surface area (Å²) >= 11 is 0. The minimum atomic E-state index is -4.93. The Balaban J connectivity index is 2.17. The van der Waals surface area contributed by atoms with Crippen molar-refractivity contribution in [2.45, 2.75) is 11.8 Å². The van der Waals surface area contributed by atoms with Crippen molar-refractivity contribution in [3.05, 3.63) is 71.9 Å². The lowest BCUT2D eigenvalue weighted by Gasteiger charge is -2.25. The van der Waals surface area contributed by atoms with Gasteiger partial charge in [0.1, 0.15) is 0 Å². The summed E-state index contributed by atoms with van der Waals surface area (Å²) < 4.78 is 40.6. The number of rotatable bonds is 1. The summed E-state index contributed by atoms with van der Waals surface area (Å²) in [6.45, 7) is 0. The van der Waals surface area contributed by atoms with E-state index < -0.39 is 11.8 Å². The van der Waals surface area contributed by atoms with Crippen LogP contribution in [0.1, 0.15) is 11.1 Å². The molecule has 0 aliphatic heterocycles. The minimum absolute atomic E-state index is 0.287. The maximum absolute atomic E-state index is 13.5. The summed E-state index contributed by atoms with van der Waals surface area (Å²) in [5.74, 6) is 4.42. The molecule has 0 amide bonds. The molecule has 2 aromatic carbocycles. The molecule has 2 N–H and O–H groups in total. The van der Waals surface area contributed by atoms with Crippen molar-refractivity contribution in [2.24, 2.45) is 0 Å². The van der Waals surface area contributed by atoms with E-state index in [-0.39, 0.29) is 10.9 Å². The number of aromatic nitrogens is 1. The third kappa shape index (κ3) is 2.69. The first kappa shape index (κ1) is 15.2. The maximum atomic E-state index is 13.5. The number of halogens is 3. The van der Waals surface area contributed by atoms with Gasteiger partial charge in [-0.15, -0.1) is 0 Å². The lowest BCUT2D eigenvalue weighted by Crippen LogP contribution is -2.40. The first-order valence-electron chi connectivity index (χ1n) is 6.86. The van der Waals surface area contributed by atoms with Crippen LogP contribution >= 0.6 is 0 Å². The molecule has 0 aliphatic carbocycles. The SMILES string of the molecule is OC(C#Cc1ccccc1)(c1c[nH]c2ccccc12)C(F)(F)F. The number of aromatic amines is 1. The highest BCUT2D eigenvalue weighted by atomic mass is 19.4. The van der Waals surface area contributed by atoms with Crippen LogP contribution in [0.15, 0.2) is 60.8 Å². The molecule has 23 heavy (non-hydrogen) atoms. The van der Waals surface area contributed by atoms with E-state index in [1.165, 1.54) is 6.07 Å². The Kier molecular flexibility index (Phi) is 3.63. The molecule has 0 aliphatic rings. The molecule has 0 radical (unpaired) electrons. The first-order chi connectivity index (χ1) is 10.9. The molecule has 0 spiro atoms. The highest BCUT2D eigenvalue weighted by Crippen LogP contribution is 2.41. The number of nitrogens with one attached hydrogen (secondary N) is 1. The summed E-state index contributed by atoms with van der Waals surface area (Å²) in [4.78, 5) is 2.74. The molecule has 1 heterocycles. The van der Waals surface area contributed by atoms with Crippen LogP contribution < -0.4 is 0 Å². The van der Waals surface area contributed by atoms with Gasteiger partial charge in [-0.1, -0.05) is 42.3 Å². The van der Waals surface area contributed by atoms with E-state index in [9.17, 15) is 18.3 Å². The number of hydrogen-bond acceptors (Lipinski definition) is 1. The average Bonchev–Trinajstić information content (AvgIpc) is 2.97. The molecule has 0 fully saturated rings. The number of aliphatic hydroxyl groups is 1. The molecule has 3 aromatic rings. The predicted octanol–water partition coefficient (Wildman–Crippen LogP) is 3.97. The zero-order chi connectivity index (χ0) is 16.5. The molecule has 1 unspecified atom stereocenters. The Hall–Kier alpha value is -2.71. The normalized spacial score (nSPS) is 14.1. The van der Waals surface area contributed by atoms with Crippen LogP contribution in [0.2, 0.25) is 0 Å². The van der Waals surface area contributed by atoms with E-state index in [1.54, 1.807) is 48.5 Å². The Morgan fingerprint density at radius 3 is 2.26 bits per heavy atom. The average molecular weight is 315 g/mol. The second-order valence-corrected chi connectivity index (χ2v) is 5.07. The second-order valence-electron chi connectivity index (χ2n) is 5.07. The van der Waals surface area contributed by atoms with Crippen molar-refractivity contribution in [3.63, 3.8) is 0 Å². The number of fused-ring (bicyclic) bond motifs is 1. The summed E-state index contributed by atoms with van der Waals surface area (Å²) in [7, 11) is 0. The number of benzene rings is 2. The van der Waals surface area contributed by atoms with Crippen molar-refractivity contribution >= 4 is 10.9 Å². The fourth-order valence-corrected chi connectivity index (χ4v) is 2.35. The lowest BCUT2D eigenvalue weighted by atomic mass is 9.93. The van der Waals surface area contributed by atoms with Crippen LogP contribution in [0.4, 0.5) is 13.2 Å². The van der Waals surface area contributed by atoms with E-state index in [4.69, 9.17) is 0 Å². The first-order valence-corrected chi connectivity index (χ1v) is 6.86. The van der Waals surface area contributed by atoms with Crippen molar-refractivity contribution in [3.8, 4) is 11.8 Å². The lowest BCUT2D eigenvalue weighted by molar-refractivity contribution is -0.240. The Morgan fingerprint density at radius 1 is 0.913 bits per heavy atom. The molecule has 5 heteroatoms. The second kappa shape index (κ2) is 5.49. The zero-order valence-electron chi connectivity index (χ0n) is 11.9. The van der Waals surface area contributed by atoms with Crippen LogP contribution in [0, 0.1) is 11.8 Å². The largest absolute Gasteiger partial charge is 0.433 e. The fraction of sp³-hybridized carbons (Fsp3) is 0.111. The highest BCUT2D eigenvalue weighted by Gasteiger charge is 2.55. The summed E-state index contributed by atoms with van der Waals surface area (Å²) in [5, 5.41) is 10.6. The van der Waals surface area contributed by atoms with Gasteiger partial charge in [0.2, 0.25) is 0 Å². The maximum Gasteiger partial charge on any atom is 0.433 e. The molecule has 0 saturated carbocycles.